The molecule has 0 aliphatic heterocycles. The summed E-state index contributed by atoms with van der Waals surface area (Å²) < 4.78 is 5.77. The van der Waals surface area contributed by atoms with E-state index in [-0.39, 0.29) is 11.8 Å². The van der Waals surface area contributed by atoms with Crippen molar-refractivity contribution in [1.82, 2.24) is 4.98 Å². The number of ether oxygens (including phenoxy) is 1. The van der Waals surface area contributed by atoms with E-state index in [1.54, 1.807) is 0 Å². The SMILES string of the molecule is Cc1cc(Cl)c(C(C)C)cc1Oc1nc(Cl)c(CO)s1. The molecule has 0 amide bonds. The summed E-state index contributed by atoms with van der Waals surface area (Å²) in [6.07, 6.45) is 0. The molecule has 1 aromatic heterocycles. The van der Waals surface area contributed by atoms with Crippen molar-refractivity contribution in [3.05, 3.63) is 38.3 Å². The molecule has 20 heavy (non-hydrogen) atoms. The number of aryl methyl sites for hydroxylation is 1. The minimum Gasteiger partial charge on any atom is -0.431 e. The van der Waals surface area contributed by atoms with Crippen LogP contribution < -0.4 is 4.74 Å². The van der Waals surface area contributed by atoms with Gasteiger partial charge in [0.15, 0.2) is 0 Å². The Morgan fingerprint density at radius 1 is 1.35 bits per heavy atom. The van der Waals surface area contributed by atoms with Gasteiger partial charge in [0, 0.05) is 5.02 Å². The van der Waals surface area contributed by atoms with E-state index in [9.17, 15) is 0 Å². The Hall–Kier alpha value is -0.810. The van der Waals surface area contributed by atoms with E-state index in [1.807, 2.05) is 19.1 Å². The van der Waals surface area contributed by atoms with E-state index < -0.39 is 0 Å². The summed E-state index contributed by atoms with van der Waals surface area (Å²) in [5.74, 6) is 1.01. The van der Waals surface area contributed by atoms with Crippen LogP contribution >= 0.6 is 34.5 Å². The van der Waals surface area contributed by atoms with Crippen molar-refractivity contribution in [2.75, 3.05) is 0 Å². The van der Waals surface area contributed by atoms with E-state index in [2.05, 4.69) is 18.8 Å². The van der Waals surface area contributed by atoms with Crippen molar-refractivity contribution >= 4 is 34.5 Å². The first-order valence-electron chi connectivity index (χ1n) is 6.16. The fourth-order valence-corrected chi connectivity index (χ4v) is 3.18. The Morgan fingerprint density at radius 2 is 2.05 bits per heavy atom. The zero-order valence-corrected chi connectivity index (χ0v) is 13.7. The van der Waals surface area contributed by atoms with Crippen LogP contribution in [0.25, 0.3) is 0 Å². The molecule has 3 nitrogen and oxygen atoms in total. The lowest BCUT2D eigenvalue weighted by molar-refractivity contribution is 0.285. The number of aliphatic hydroxyl groups excluding tert-OH is 1. The molecule has 0 spiro atoms. The Morgan fingerprint density at radius 3 is 2.60 bits per heavy atom. The maximum Gasteiger partial charge on any atom is 0.280 e. The maximum atomic E-state index is 9.12. The second-order valence-corrected chi connectivity index (χ2v) is 6.56. The average Bonchev–Trinajstić information content (AvgIpc) is 2.72. The van der Waals surface area contributed by atoms with Crippen LogP contribution in [0.4, 0.5) is 0 Å². The molecular formula is C14H15Cl2NO2S. The molecule has 0 unspecified atom stereocenters. The fraction of sp³-hybridized carbons (Fsp3) is 0.357. The van der Waals surface area contributed by atoms with Crippen molar-refractivity contribution < 1.29 is 9.84 Å². The van der Waals surface area contributed by atoms with Crippen LogP contribution in [0.15, 0.2) is 12.1 Å². The zero-order chi connectivity index (χ0) is 14.9. The topological polar surface area (TPSA) is 42.4 Å². The molecule has 0 fully saturated rings. The number of aromatic nitrogens is 1. The van der Waals surface area contributed by atoms with Gasteiger partial charge in [-0.15, -0.1) is 0 Å². The molecule has 2 aromatic rings. The number of benzene rings is 1. The van der Waals surface area contributed by atoms with Gasteiger partial charge in [0.25, 0.3) is 5.19 Å². The fourth-order valence-electron chi connectivity index (χ4n) is 1.77. The highest BCUT2D eigenvalue weighted by Gasteiger charge is 2.14. The molecule has 108 valence electrons. The van der Waals surface area contributed by atoms with E-state index >= 15 is 0 Å². The number of hydrogen-bond donors (Lipinski definition) is 1. The van der Waals surface area contributed by atoms with Crippen molar-refractivity contribution in [3.63, 3.8) is 0 Å². The molecular weight excluding hydrogens is 317 g/mol. The molecule has 0 saturated carbocycles. The first-order chi connectivity index (χ1) is 9.42. The third-order valence-electron chi connectivity index (χ3n) is 2.89. The number of halogens is 2. The minimum atomic E-state index is -0.142. The Balaban J connectivity index is 2.35. The van der Waals surface area contributed by atoms with Gasteiger partial charge in [0.2, 0.25) is 0 Å². The smallest absolute Gasteiger partial charge is 0.280 e. The highest BCUT2D eigenvalue weighted by Crippen LogP contribution is 2.36. The second-order valence-electron chi connectivity index (χ2n) is 4.75. The minimum absolute atomic E-state index is 0.142. The van der Waals surface area contributed by atoms with E-state index in [4.69, 9.17) is 33.0 Å². The Bertz CT molecular complexity index is 626. The van der Waals surface area contributed by atoms with Gasteiger partial charge in [-0.1, -0.05) is 48.4 Å². The summed E-state index contributed by atoms with van der Waals surface area (Å²) in [7, 11) is 0. The van der Waals surface area contributed by atoms with Crippen molar-refractivity contribution in [2.24, 2.45) is 0 Å². The molecule has 2 rings (SSSR count). The average molecular weight is 332 g/mol. The summed E-state index contributed by atoms with van der Waals surface area (Å²) in [5.41, 5.74) is 1.95. The normalized spacial score (nSPS) is 11.2. The van der Waals surface area contributed by atoms with Gasteiger partial charge in [-0.05, 0) is 36.1 Å². The molecule has 0 aliphatic rings. The second kappa shape index (κ2) is 6.31. The van der Waals surface area contributed by atoms with Crippen molar-refractivity contribution in [2.45, 2.75) is 33.3 Å². The first kappa shape index (κ1) is 15.6. The number of aliphatic hydroxyl groups is 1. The van der Waals surface area contributed by atoms with Crippen LogP contribution in [0, 0.1) is 6.92 Å². The molecule has 0 bridgehead atoms. The zero-order valence-electron chi connectivity index (χ0n) is 11.4. The molecule has 1 heterocycles. The number of hydrogen-bond acceptors (Lipinski definition) is 4. The van der Waals surface area contributed by atoms with Gasteiger partial charge in [0.05, 0.1) is 11.5 Å². The number of rotatable bonds is 4. The van der Waals surface area contributed by atoms with E-state index in [1.165, 1.54) is 11.3 Å². The molecule has 1 aromatic carbocycles. The standard InChI is InChI=1S/C14H15Cl2NO2S/c1-7(2)9-5-11(8(3)4-10(9)15)19-14-17-13(16)12(6-18)20-14/h4-5,7,18H,6H2,1-3H3. The van der Waals surface area contributed by atoms with Crippen LogP contribution in [0.1, 0.15) is 35.8 Å². The van der Waals surface area contributed by atoms with Crippen LogP contribution in [0.5, 0.6) is 10.9 Å². The van der Waals surface area contributed by atoms with Gasteiger partial charge in [-0.3, -0.25) is 0 Å². The predicted molar refractivity (Wildman–Crippen MR) is 83.4 cm³/mol. The summed E-state index contributed by atoms with van der Waals surface area (Å²) in [4.78, 5) is 4.68. The molecule has 0 atom stereocenters. The highest BCUT2D eigenvalue weighted by atomic mass is 35.5. The van der Waals surface area contributed by atoms with Crippen molar-refractivity contribution in [3.8, 4) is 10.9 Å². The van der Waals surface area contributed by atoms with Gasteiger partial charge in [0.1, 0.15) is 10.9 Å². The summed E-state index contributed by atoms with van der Waals surface area (Å²) in [5, 5.41) is 10.5. The monoisotopic (exact) mass is 331 g/mol. The number of nitrogens with zero attached hydrogens (tertiary/aromatic N) is 1. The van der Waals surface area contributed by atoms with Gasteiger partial charge < -0.3 is 9.84 Å². The van der Waals surface area contributed by atoms with Crippen LogP contribution in [-0.4, -0.2) is 10.1 Å². The summed E-state index contributed by atoms with van der Waals surface area (Å²) in [6.45, 7) is 5.93. The third kappa shape index (κ3) is 3.26. The highest BCUT2D eigenvalue weighted by molar-refractivity contribution is 7.13. The van der Waals surface area contributed by atoms with E-state index in [0.717, 1.165) is 16.1 Å². The summed E-state index contributed by atoms with van der Waals surface area (Å²) >= 11 is 13.4. The molecule has 0 saturated heterocycles. The Kier molecular flexibility index (Phi) is 4.91. The largest absolute Gasteiger partial charge is 0.431 e. The molecule has 6 heteroatoms. The molecule has 0 radical (unpaired) electrons. The van der Waals surface area contributed by atoms with Crippen LogP contribution in [-0.2, 0) is 6.61 Å². The first-order valence-corrected chi connectivity index (χ1v) is 7.73. The van der Waals surface area contributed by atoms with Crippen LogP contribution in [0.3, 0.4) is 0 Å². The van der Waals surface area contributed by atoms with Gasteiger partial charge in [-0.2, -0.15) is 4.98 Å². The number of thiazole rings is 1. The van der Waals surface area contributed by atoms with E-state index in [0.29, 0.717) is 21.7 Å². The summed E-state index contributed by atoms with van der Waals surface area (Å²) in [6, 6.07) is 3.81. The van der Waals surface area contributed by atoms with Crippen LogP contribution in [0.2, 0.25) is 10.2 Å². The van der Waals surface area contributed by atoms with Gasteiger partial charge >= 0.3 is 0 Å². The molecule has 0 aliphatic carbocycles. The quantitative estimate of drug-likeness (QED) is 0.840. The molecule has 1 N–H and O–H groups in total. The lowest BCUT2D eigenvalue weighted by Gasteiger charge is -2.13. The van der Waals surface area contributed by atoms with Crippen molar-refractivity contribution in [1.29, 1.82) is 0 Å². The lowest BCUT2D eigenvalue weighted by Crippen LogP contribution is -1.94. The maximum absolute atomic E-state index is 9.12. The van der Waals surface area contributed by atoms with Gasteiger partial charge in [-0.25, -0.2) is 0 Å². The lowest BCUT2D eigenvalue weighted by atomic mass is 10.0. The predicted octanol–water partition coefficient (Wildman–Crippen LogP) is 5.17. The Labute approximate surface area is 132 Å². The third-order valence-corrected chi connectivity index (χ3v) is 4.56.